The van der Waals surface area contributed by atoms with Gasteiger partial charge in [-0.3, -0.25) is 19.2 Å². The molecule has 2 aliphatic rings. The molecular weight excluding hydrogens is 665 g/mol. The topological polar surface area (TPSA) is 123 Å². The van der Waals surface area contributed by atoms with E-state index in [4.69, 9.17) is 37.4 Å². The number of nitrogens with one attached hydrogen (secondary N) is 2. The second kappa shape index (κ2) is 13.8. The first-order chi connectivity index (χ1) is 22.7. The number of ether oxygens (including phenoxy) is 3. The van der Waals surface area contributed by atoms with Gasteiger partial charge in [0.05, 0.1) is 28.1 Å². The first-order valence-corrected chi connectivity index (χ1v) is 15.8. The number of benzene rings is 4. The number of fused-ring (bicyclic) bond motifs is 1. The molecule has 1 unspecified atom stereocenters. The van der Waals surface area contributed by atoms with Crippen LogP contribution in [0.5, 0.6) is 17.2 Å². The summed E-state index contributed by atoms with van der Waals surface area (Å²) in [6, 6.07) is 23.2. The summed E-state index contributed by atoms with van der Waals surface area (Å²) in [4.78, 5) is 54.6. The number of carbonyl (C=O) groups is 4. The maximum atomic E-state index is 13.7. The van der Waals surface area contributed by atoms with Crippen molar-refractivity contribution < 1.29 is 33.4 Å². The molecule has 13 heteroatoms. The fourth-order valence-electron chi connectivity index (χ4n) is 4.94. The van der Waals surface area contributed by atoms with Crippen molar-refractivity contribution in [2.75, 3.05) is 24.1 Å². The third-order valence-electron chi connectivity index (χ3n) is 7.16. The second-order valence-corrected chi connectivity index (χ2v) is 12.4. The Hall–Kier alpha value is -4.97. The minimum atomic E-state index is -0.690. The van der Waals surface area contributed by atoms with Crippen molar-refractivity contribution in [3.63, 3.8) is 0 Å². The van der Waals surface area contributed by atoms with Gasteiger partial charge < -0.3 is 24.8 Å². The third kappa shape index (κ3) is 7.07. The van der Waals surface area contributed by atoms with E-state index in [0.29, 0.717) is 49.7 Å². The number of rotatable bonds is 9. The Bertz CT molecular complexity index is 1940. The first kappa shape index (κ1) is 32.0. The molecule has 10 nitrogen and oxygen atoms in total. The highest BCUT2D eigenvalue weighted by molar-refractivity contribution is 8.00. The summed E-state index contributed by atoms with van der Waals surface area (Å²) < 4.78 is 16.4. The molecule has 1 fully saturated rings. The number of methoxy groups -OCH3 is 1. The molecule has 4 aromatic carbocycles. The molecule has 2 heterocycles. The van der Waals surface area contributed by atoms with Gasteiger partial charge >= 0.3 is 0 Å². The van der Waals surface area contributed by atoms with Crippen LogP contribution in [0.3, 0.4) is 0 Å². The van der Waals surface area contributed by atoms with Crippen LogP contribution in [0.4, 0.5) is 11.4 Å². The van der Waals surface area contributed by atoms with E-state index in [9.17, 15) is 19.2 Å². The minimum Gasteiger partial charge on any atom is -0.493 e. The number of carbonyl (C=O) groups excluding carboxylic acids is 4. The molecule has 0 radical (unpaired) electrons. The fraction of sp³-hybridized carbons (Fsp3) is 0.118. The van der Waals surface area contributed by atoms with Gasteiger partial charge in [-0.05, 0) is 72.3 Å². The number of imide groups is 1. The molecule has 1 atom stereocenters. The number of halogens is 2. The quantitative estimate of drug-likeness (QED) is 0.150. The van der Waals surface area contributed by atoms with Gasteiger partial charge in [0.1, 0.15) is 5.70 Å². The van der Waals surface area contributed by atoms with E-state index in [1.54, 1.807) is 72.8 Å². The van der Waals surface area contributed by atoms with Gasteiger partial charge in [-0.1, -0.05) is 47.5 Å². The lowest BCUT2D eigenvalue weighted by Crippen LogP contribution is -2.31. The molecule has 0 saturated carbocycles. The SMILES string of the molecule is COc1cc(C=C(NC(=O)c2ccccc2)C(=O)Nc2cccc(SC3CC(=O)N(c4ccc(Cl)c(Cl)c4)C3=O)c2)cc2c1OCO2. The van der Waals surface area contributed by atoms with Gasteiger partial charge in [0.2, 0.25) is 24.4 Å². The van der Waals surface area contributed by atoms with Gasteiger partial charge in [0, 0.05) is 22.6 Å². The summed E-state index contributed by atoms with van der Waals surface area (Å²) >= 11 is 13.3. The Morgan fingerprint density at radius 2 is 1.77 bits per heavy atom. The van der Waals surface area contributed by atoms with Crippen molar-refractivity contribution in [3.05, 3.63) is 112 Å². The van der Waals surface area contributed by atoms with Crippen LogP contribution in [0.15, 0.2) is 95.5 Å². The van der Waals surface area contributed by atoms with E-state index >= 15 is 0 Å². The highest BCUT2D eigenvalue weighted by atomic mass is 35.5. The van der Waals surface area contributed by atoms with Crippen LogP contribution in [-0.4, -0.2) is 42.8 Å². The van der Waals surface area contributed by atoms with Gasteiger partial charge in [-0.2, -0.15) is 0 Å². The summed E-state index contributed by atoms with van der Waals surface area (Å²) in [5.41, 5.74) is 1.58. The maximum absolute atomic E-state index is 13.7. The normalized spacial score (nSPS) is 15.5. The molecule has 2 aliphatic heterocycles. The van der Waals surface area contributed by atoms with Crippen molar-refractivity contribution in [3.8, 4) is 17.2 Å². The lowest BCUT2D eigenvalue weighted by atomic mass is 10.1. The highest BCUT2D eigenvalue weighted by Gasteiger charge is 2.40. The molecule has 0 aliphatic carbocycles. The van der Waals surface area contributed by atoms with E-state index in [0.717, 1.165) is 4.90 Å². The van der Waals surface area contributed by atoms with Crippen LogP contribution in [0.1, 0.15) is 22.3 Å². The third-order valence-corrected chi connectivity index (χ3v) is 9.08. The molecule has 0 spiro atoms. The fourth-order valence-corrected chi connectivity index (χ4v) is 6.35. The molecule has 0 aromatic heterocycles. The molecule has 4 amide bonds. The van der Waals surface area contributed by atoms with Gasteiger partial charge in [-0.15, -0.1) is 11.8 Å². The Morgan fingerprint density at radius 1 is 0.957 bits per heavy atom. The molecule has 6 rings (SSSR count). The predicted molar refractivity (Wildman–Crippen MR) is 179 cm³/mol. The molecule has 2 N–H and O–H groups in total. The number of nitrogens with zero attached hydrogens (tertiary/aromatic N) is 1. The molecule has 47 heavy (non-hydrogen) atoms. The van der Waals surface area contributed by atoms with Crippen LogP contribution < -0.4 is 29.7 Å². The average Bonchev–Trinajstić information content (AvgIpc) is 3.65. The lowest BCUT2D eigenvalue weighted by molar-refractivity contribution is -0.121. The van der Waals surface area contributed by atoms with E-state index in [2.05, 4.69) is 10.6 Å². The van der Waals surface area contributed by atoms with Crippen molar-refractivity contribution in [2.24, 2.45) is 0 Å². The molecule has 0 bridgehead atoms. The zero-order valence-electron chi connectivity index (χ0n) is 24.6. The number of thioether (sulfide) groups is 1. The van der Waals surface area contributed by atoms with Crippen LogP contribution in [0.25, 0.3) is 6.08 Å². The van der Waals surface area contributed by atoms with Crippen molar-refractivity contribution in [1.82, 2.24) is 5.32 Å². The van der Waals surface area contributed by atoms with Crippen LogP contribution >= 0.6 is 35.0 Å². The minimum absolute atomic E-state index is 0.0161. The summed E-state index contributed by atoms with van der Waals surface area (Å²) in [5.74, 6) is -0.554. The van der Waals surface area contributed by atoms with Gasteiger partial charge in [-0.25, -0.2) is 4.90 Å². The lowest BCUT2D eigenvalue weighted by Gasteiger charge is -2.16. The smallest absolute Gasteiger partial charge is 0.272 e. The number of anilines is 2. The standard InChI is InChI=1S/C34H25Cl2N3O7S/c1-44-27-13-19(14-28-31(27)46-18-45-28)12-26(38-32(41)20-6-3-2-4-7-20)33(42)37-21-8-5-9-23(15-21)47-29-17-30(40)39(34(29)43)22-10-11-24(35)25(36)16-22/h2-16,29H,17-18H2,1H3,(H,37,42)(H,38,41). The number of amides is 4. The molecular formula is C34H25Cl2N3O7S. The zero-order chi connectivity index (χ0) is 33.1. The average molecular weight is 691 g/mol. The van der Waals surface area contributed by atoms with Crippen molar-refractivity contribution >= 4 is 76.0 Å². The van der Waals surface area contributed by atoms with Gasteiger partial charge in [0.15, 0.2) is 11.5 Å². The summed E-state index contributed by atoms with van der Waals surface area (Å²) in [6.45, 7) is 0.0272. The zero-order valence-corrected chi connectivity index (χ0v) is 26.9. The maximum Gasteiger partial charge on any atom is 0.272 e. The van der Waals surface area contributed by atoms with Crippen molar-refractivity contribution in [1.29, 1.82) is 0 Å². The highest BCUT2D eigenvalue weighted by Crippen LogP contribution is 2.42. The van der Waals surface area contributed by atoms with E-state index in [1.165, 1.54) is 37.1 Å². The Labute approximate surface area is 283 Å². The van der Waals surface area contributed by atoms with Crippen LogP contribution in [0, 0.1) is 0 Å². The number of hydrogen-bond acceptors (Lipinski definition) is 8. The van der Waals surface area contributed by atoms with Crippen LogP contribution in [-0.2, 0) is 14.4 Å². The van der Waals surface area contributed by atoms with Crippen LogP contribution in [0.2, 0.25) is 10.0 Å². The van der Waals surface area contributed by atoms with E-state index in [1.807, 2.05) is 0 Å². The van der Waals surface area contributed by atoms with Crippen molar-refractivity contribution in [2.45, 2.75) is 16.6 Å². The second-order valence-electron chi connectivity index (χ2n) is 10.3. The predicted octanol–water partition coefficient (Wildman–Crippen LogP) is 6.56. The van der Waals surface area contributed by atoms with E-state index in [-0.39, 0.29) is 35.7 Å². The first-order valence-electron chi connectivity index (χ1n) is 14.2. The molecule has 238 valence electrons. The monoisotopic (exact) mass is 689 g/mol. The Balaban J connectivity index is 1.22. The summed E-state index contributed by atoms with van der Waals surface area (Å²) in [6.07, 6.45) is 1.48. The van der Waals surface area contributed by atoms with E-state index < -0.39 is 17.1 Å². The van der Waals surface area contributed by atoms with Gasteiger partial charge in [0.25, 0.3) is 11.8 Å². The Kier molecular flexibility index (Phi) is 9.39. The molecule has 1 saturated heterocycles. The number of hydrogen-bond donors (Lipinski definition) is 2. The largest absolute Gasteiger partial charge is 0.493 e. The summed E-state index contributed by atoms with van der Waals surface area (Å²) in [7, 11) is 1.49. The Morgan fingerprint density at radius 3 is 2.53 bits per heavy atom. The molecule has 4 aromatic rings. The summed E-state index contributed by atoms with van der Waals surface area (Å²) in [5, 5.41) is 5.38.